The first-order chi connectivity index (χ1) is 15.4. The molecule has 1 aromatic heterocycles. The minimum absolute atomic E-state index is 0.122. The molecule has 164 valence electrons. The smallest absolute Gasteiger partial charge is 0.264 e. The van der Waals surface area contributed by atoms with Crippen molar-refractivity contribution < 1.29 is 19.2 Å². The van der Waals surface area contributed by atoms with E-state index in [-0.39, 0.29) is 36.4 Å². The zero-order valence-corrected chi connectivity index (χ0v) is 17.7. The third-order valence-electron chi connectivity index (χ3n) is 5.31. The van der Waals surface area contributed by atoms with E-state index < -0.39 is 23.4 Å². The summed E-state index contributed by atoms with van der Waals surface area (Å²) in [4.78, 5) is 60.2. The number of amides is 3. The Bertz CT molecular complexity index is 1270. The number of imide groups is 1. The van der Waals surface area contributed by atoms with Gasteiger partial charge in [0.25, 0.3) is 5.56 Å². The second kappa shape index (κ2) is 8.72. The van der Waals surface area contributed by atoms with Gasteiger partial charge in [0.15, 0.2) is 0 Å². The van der Waals surface area contributed by atoms with Gasteiger partial charge in [0.2, 0.25) is 17.7 Å². The molecule has 2 aromatic carbocycles. The van der Waals surface area contributed by atoms with Gasteiger partial charge in [0.1, 0.15) is 18.5 Å². The number of benzene rings is 2. The maximum Gasteiger partial charge on any atom is 0.264 e. The lowest BCUT2D eigenvalue weighted by Crippen LogP contribution is -2.45. The van der Waals surface area contributed by atoms with Crippen molar-refractivity contribution in [3.8, 4) is 0 Å². The number of carbonyl (C=O) groups excluding carboxylic acids is 3. The molecule has 0 radical (unpaired) electrons. The van der Waals surface area contributed by atoms with Crippen LogP contribution < -0.4 is 15.9 Å². The van der Waals surface area contributed by atoms with Gasteiger partial charge in [0, 0.05) is 13.3 Å². The Morgan fingerprint density at radius 1 is 1.16 bits per heavy atom. The van der Waals surface area contributed by atoms with E-state index in [1.54, 1.807) is 25.1 Å². The van der Waals surface area contributed by atoms with Crippen LogP contribution in [0.15, 0.2) is 53.3 Å². The molecule has 1 saturated heterocycles. The topological polar surface area (TPSA) is 111 Å². The van der Waals surface area contributed by atoms with Gasteiger partial charge in [-0.25, -0.2) is 4.98 Å². The van der Waals surface area contributed by atoms with E-state index in [9.17, 15) is 19.2 Å². The van der Waals surface area contributed by atoms with Crippen molar-refractivity contribution in [2.24, 2.45) is 0 Å². The highest BCUT2D eigenvalue weighted by atomic mass is 16.7. The lowest BCUT2D eigenvalue weighted by atomic mass is 10.1. The number of hydrogen-bond acceptors (Lipinski definition) is 6. The normalized spacial score (nSPS) is 16.1. The van der Waals surface area contributed by atoms with E-state index >= 15 is 0 Å². The zero-order valence-electron chi connectivity index (χ0n) is 17.7. The van der Waals surface area contributed by atoms with Gasteiger partial charge in [-0.2, -0.15) is 5.06 Å². The van der Waals surface area contributed by atoms with Crippen LogP contribution in [-0.4, -0.2) is 27.3 Å². The first-order valence-corrected chi connectivity index (χ1v) is 10.2. The number of rotatable bonds is 5. The van der Waals surface area contributed by atoms with Crippen molar-refractivity contribution in [1.82, 2.24) is 14.9 Å². The van der Waals surface area contributed by atoms with Gasteiger partial charge < -0.3 is 0 Å². The molecule has 32 heavy (non-hydrogen) atoms. The van der Waals surface area contributed by atoms with E-state index in [1.807, 2.05) is 30.3 Å². The molecule has 3 amide bonds. The predicted octanol–water partition coefficient (Wildman–Crippen LogP) is 2.17. The average molecular weight is 434 g/mol. The summed E-state index contributed by atoms with van der Waals surface area (Å²) in [6.07, 6.45) is 0.323. The predicted molar refractivity (Wildman–Crippen MR) is 117 cm³/mol. The molecule has 0 bridgehead atoms. The molecule has 9 heteroatoms. The molecule has 2 heterocycles. The number of aryl methyl sites for hydroxylation is 1. The number of aromatic nitrogens is 2. The monoisotopic (exact) mass is 434 g/mol. The third-order valence-corrected chi connectivity index (χ3v) is 5.31. The summed E-state index contributed by atoms with van der Waals surface area (Å²) in [5.41, 5.74) is 0.994. The molecular weight excluding hydrogens is 412 g/mol. The molecule has 3 aromatic rings. The Morgan fingerprint density at radius 2 is 1.91 bits per heavy atom. The Balaban J connectivity index is 1.80. The third kappa shape index (κ3) is 4.02. The standard InChI is InChI=1S/C23H22N4O5/c1-14-24-17-9-6-10-18(27(15(2)28)32-13-16-7-4-3-5-8-16)21(17)23(31)26(14)19-11-12-20(29)25-22(19)30/h3-10,19H,11-13H2,1-2H3,(H,25,29,30). The van der Waals surface area contributed by atoms with Gasteiger partial charge in [0.05, 0.1) is 16.6 Å². The number of anilines is 1. The number of piperidine rings is 1. The molecule has 0 spiro atoms. The number of nitrogens with zero attached hydrogens (tertiary/aromatic N) is 3. The van der Waals surface area contributed by atoms with Gasteiger partial charge in [-0.1, -0.05) is 36.4 Å². The van der Waals surface area contributed by atoms with E-state index in [0.29, 0.717) is 11.3 Å². The fraction of sp³-hybridized carbons (Fsp3) is 0.261. The summed E-state index contributed by atoms with van der Waals surface area (Å²) in [5, 5.41) is 3.50. The minimum atomic E-state index is -0.860. The van der Waals surface area contributed by atoms with Crippen molar-refractivity contribution in [3.05, 3.63) is 70.3 Å². The summed E-state index contributed by atoms with van der Waals surface area (Å²) in [7, 11) is 0. The fourth-order valence-corrected chi connectivity index (χ4v) is 3.84. The quantitative estimate of drug-likeness (QED) is 0.487. The van der Waals surface area contributed by atoms with Crippen molar-refractivity contribution in [2.75, 3.05) is 5.06 Å². The van der Waals surface area contributed by atoms with Gasteiger partial charge >= 0.3 is 0 Å². The second-order valence-corrected chi connectivity index (χ2v) is 7.54. The molecule has 1 aliphatic heterocycles. The average Bonchev–Trinajstić information content (AvgIpc) is 2.75. The van der Waals surface area contributed by atoms with Crippen molar-refractivity contribution in [2.45, 2.75) is 39.3 Å². The summed E-state index contributed by atoms with van der Waals surface area (Å²) < 4.78 is 1.28. The van der Waals surface area contributed by atoms with Crippen LogP contribution in [0.1, 0.15) is 37.2 Å². The molecular formula is C23H22N4O5. The van der Waals surface area contributed by atoms with Gasteiger partial charge in [-0.15, -0.1) is 0 Å². The zero-order chi connectivity index (χ0) is 22.8. The van der Waals surface area contributed by atoms with Crippen LogP contribution in [0.5, 0.6) is 0 Å². The van der Waals surface area contributed by atoms with Crippen LogP contribution in [-0.2, 0) is 25.8 Å². The van der Waals surface area contributed by atoms with E-state index in [4.69, 9.17) is 4.84 Å². The van der Waals surface area contributed by atoms with Crippen LogP contribution in [0.3, 0.4) is 0 Å². The first-order valence-electron chi connectivity index (χ1n) is 10.2. The summed E-state index contributed by atoms with van der Waals surface area (Å²) in [5.74, 6) is -0.994. The van der Waals surface area contributed by atoms with E-state index in [0.717, 1.165) is 10.6 Å². The highest BCUT2D eigenvalue weighted by Gasteiger charge is 2.31. The Labute approximate surface area is 183 Å². The van der Waals surface area contributed by atoms with E-state index in [1.165, 1.54) is 11.5 Å². The molecule has 1 aliphatic rings. The van der Waals surface area contributed by atoms with Crippen LogP contribution in [0.4, 0.5) is 5.69 Å². The van der Waals surface area contributed by atoms with Crippen LogP contribution in [0.25, 0.3) is 10.9 Å². The van der Waals surface area contributed by atoms with Crippen LogP contribution in [0.2, 0.25) is 0 Å². The summed E-state index contributed by atoms with van der Waals surface area (Å²) in [6.45, 7) is 3.09. The maximum absolute atomic E-state index is 13.6. The molecule has 1 atom stereocenters. The molecule has 0 saturated carbocycles. The SMILES string of the molecule is CC(=O)N(OCc1ccccc1)c1cccc2nc(C)n(C3CCC(=O)NC3=O)c(=O)c12. The molecule has 9 nitrogen and oxygen atoms in total. The number of hydrogen-bond donors (Lipinski definition) is 1. The number of nitrogens with one attached hydrogen (secondary N) is 1. The molecule has 4 rings (SSSR count). The first kappa shape index (κ1) is 21.4. The highest BCUT2D eigenvalue weighted by molar-refractivity contribution is 6.01. The summed E-state index contributed by atoms with van der Waals surface area (Å²) >= 11 is 0. The van der Waals surface area contributed by atoms with Crippen molar-refractivity contribution in [3.63, 3.8) is 0 Å². The van der Waals surface area contributed by atoms with E-state index in [2.05, 4.69) is 10.3 Å². The largest absolute Gasteiger partial charge is 0.295 e. The Morgan fingerprint density at radius 3 is 2.59 bits per heavy atom. The fourth-order valence-electron chi connectivity index (χ4n) is 3.84. The molecule has 1 fully saturated rings. The lowest BCUT2D eigenvalue weighted by Gasteiger charge is -2.26. The van der Waals surface area contributed by atoms with Crippen molar-refractivity contribution in [1.29, 1.82) is 0 Å². The molecule has 1 N–H and O–H groups in total. The lowest BCUT2D eigenvalue weighted by molar-refractivity contribution is -0.136. The second-order valence-electron chi connectivity index (χ2n) is 7.54. The van der Waals surface area contributed by atoms with Crippen molar-refractivity contribution >= 4 is 34.3 Å². The van der Waals surface area contributed by atoms with Gasteiger partial charge in [-0.3, -0.25) is 33.9 Å². The van der Waals surface area contributed by atoms with Gasteiger partial charge in [-0.05, 0) is 31.0 Å². The molecule has 1 unspecified atom stereocenters. The maximum atomic E-state index is 13.6. The Kier molecular flexibility index (Phi) is 5.83. The Hall–Kier alpha value is -3.85. The highest BCUT2D eigenvalue weighted by Crippen LogP contribution is 2.26. The molecule has 0 aliphatic carbocycles. The van der Waals surface area contributed by atoms with Crippen LogP contribution in [0, 0.1) is 6.92 Å². The minimum Gasteiger partial charge on any atom is -0.295 e. The number of carbonyl (C=O) groups is 3. The summed E-state index contributed by atoms with van der Waals surface area (Å²) in [6, 6.07) is 13.4. The number of hydroxylamine groups is 1. The van der Waals surface area contributed by atoms with Crippen LogP contribution >= 0.6 is 0 Å². The number of fused-ring (bicyclic) bond motifs is 1.